The van der Waals surface area contributed by atoms with Gasteiger partial charge in [-0.05, 0) is 111 Å². The summed E-state index contributed by atoms with van der Waals surface area (Å²) in [5.41, 5.74) is 4.38. The summed E-state index contributed by atoms with van der Waals surface area (Å²) in [4.78, 5) is 15.4. The number of hydrogen-bond acceptors (Lipinski definition) is 3. The van der Waals surface area contributed by atoms with E-state index < -0.39 is 0 Å². The molecule has 0 aromatic heterocycles. The molecule has 1 aliphatic heterocycles. The van der Waals surface area contributed by atoms with Gasteiger partial charge in [0, 0.05) is 27.3 Å². The van der Waals surface area contributed by atoms with Crippen molar-refractivity contribution in [3.05, 3.63) is 81.8 Å². The lowest BCUT2D eigenvalue weighted by Crippen LogP contribution is -2.37. The number of carbonyl (C=O) groups excluding carboxylic acids is 1. The summed E-state index contributed by atoms with van der Waals surface area (Å²) in [6.07, 6.45) is 2.17. The van der Waals surface area contributed by atoms with Crippen LogP contribution in [-0.4, -0.2) is 37.0 Å². The summed E-state index contributed by atoms with van der Waals surface area (Å²) in [5.74, 6) is 1.15. The van der Waals surface area contributed by atoms with Crippen LogP contribution in [0.25, 0.3) is 11.1 Å². The Hall–Kier alpha value is -2.53. The Bertz CT molecular complexity index is 1130. The highest BCUT2D eigenvalue weighted by molar-refractivity contribution is 6.35. The molecule has 4 nitrogen and oxygen atoms in total. The second-order valence-electron chi connectivity index (χ2n) is 9.05. The molecule has 34 heavy (non-hydrogen) atoms. The van der Waals surface area contributed by atoms with E-state index in [1.54, 1.807) is 13.2 Å². The van der Waals surface area contributed by atoms with Crippen LogP contribution < -0.4 is 10.1 Å². The fourth-order valence-corrected chi connectivity index (χ4v) is 5.12. The number of carbonyl (C=O) groups is 1. The Labute approximate surface area is 211 Å². The number of likely N-dealkylation sites (tertiary alicyclic amines) is 1. The number of benzene rings is 3. The van der Waals surface area contributed by atoms with Crippen molar-refractivity contribution in [2.45, 2.75) is 38.6 Å². The van der Waals surface area contributed by atoms with E-state index in [1.165, 1.54) is 0 Å². The van der Waals surface area contributed by atoms with Crippen molar-refractivity contribution in [3.8, 4) is 16.9 Å². The largest absolute Gasteiger partial charge is 0.496 e. The lowest BCUT2D eigenvalue weighted by Gasteiger charge is -2.35. The molecule has 178 valence electrons. The second-order valence-corrected chi connectivity index (χ2v) is 9.92. The van der Waals surface area contributed by atoms with Gasteiger partial charge in [-0.15, -0.1) is 0 Å². The first-order valence-electron chi connectivity index (χ1n) is 11.6. The summed E-state index contributed by atoms with van der Waals surface area (Å²) >= 11 is 12.2. The first-order chi connectivity index (χ1) is 16.3. The maximum absolute atomic E-state index is 12.9. The minimum atomic E-state index is -0.151. The molecular weight excluding hydrogens is 467 g/mol. The van der Waals surface area contributed by atoms with Crippen LogP contribution in [-0.2, 0) is 0 Å². The van der Waals surface area contributed by atoms with Crippen molar-refractivity contribution >= 4 is 34.8 Å². The van der Waals surface area contributed by atoms with Crippen molar-refractivity contribution in [2.75, 3.05) is 25.5 Å². The van der Waals surface area contributed by atoms with Crippen molar-refractivity contribution in [1.82, 2.24) is 4.90 Å². The fraction of sp³-hybridized carbons (Fsp3) is 0.321. The molecule has 0 radical (unpaired) electrons. The summed E-state index contributed by atoms with van der Waals surface area (Å²) in [6.45, 7) is 6.64. The smallest absolute Gasteiger partial charge is 0.255 e. The number of anilines is 1. The molecule has 1 amide bonds. The first-order valence-corrected chi connectivity index (χ1v) is 12.4. The SMILES string of the molecule is COc1ccc(NC(=O)c2ccc(-c3cc(Cl)cc(Cl)c3)cc2)cc1C1CCN(C(C)C)CC1. The third-order valence-electron chi connectivity index (χ3n) is 6.53. The van der Waals surface area contributed by atoms with Gasteiger partial charge in [-0.3, -0.25) is 4.79 Å². The van der Waals surface area contributed by atoms with Crippen molar-refractivity contribution in [3.63, 3.8) is 0 Å². The molecule has 1 saturated heterocycles. The maximum Gasteiger partial charge on any atom is 0.255 e. The van der Waals surface area contributed by atoms with Gasteiger partial charge in [-0.2, -0.15) is 0 Å². The summed E-state index contributed by atoms with van der Waals surface area (Å²) in [5, 5.41) is 4.20. The molecule has 1 N–H and O–H groups in total. The molecular formula is C28H30Cl2N2O2. The van der Waals surface area contributed by atoms with Crippen LogP contribution in [0.3, 0.4) is 0 Å². The number of rotatable bonds is 6. The minimum Gasteiger partial charge on any atom is -0.496 e. The topological polar surface area (TPSA) is 41.6 Å². The zero-order chi connectivity index (χ0) is 24.2. The molecule has 0 aliphatic carbocycles. The van der Waals surface area contributed by atoms with E-state index >= 15 is 0 Å². The molecule has 0 spiro atoms. The second kappa shape index (κ2) is 10.8. The molecule has 1 aliphatic rings. The van der Waals surface area contributed by atoms with E-state index in [-0.39, 0.29) is 5.91 Å². The van der Waals surface area contributed by atoms with Gasteiger partial charge >= 0.3 is 0 Å². The monoisotopic (exact) mass is 496 g/mol. The Balaban J connectivity index is 1.48. The summed E-state index contributed by atoms with van der Waals surface area (Å²) in [6, 6.07) is 19.3. The van der Waals surface area contributed by atoms with Crippen molar-refractivity contribution in [1.29, 1.82) is 0 Å². The van der Waals surface area contributed by atoms with Gasteiger partial charge in [0.2, 0.25) is 0 Å². The number of halogens is 2. The van der Waals surface area contributed by atoms with Crippen LogP contribution in [0, 0.1) is 0 Å². The summed E-state index contributed by atoms with van der Waals surface area (Å²) < 4.78 is 5.64. The summed E-state index contributed by atoms with van der Waals surface area (Å²) in [7, 11) is 1.70. The highest BCUT2D eigenvalue weighted by Crippen LogP contribution is 2.36. The van der Waals surface area contributed by atoms with Crippen LogP contribution >= 0.6 is 23.2 Å². The maximum atomic E-state index is 12.9. The minimum absolute atomic E-state index is 0.151. The Morgan fingerprint density at radius 1 is 0.941 bits per heavy atom. The van der Waals surface area contributed by atoms with Crippen LogP contribution in [0.2, 0.25) is 10.0 Å². The number of amides is 1. The molecule has 1 heterocycles. The standard InChI is InChI=1S/C28H30Cl2N2O2/c1-18(2)32-12-10-20(11-13-32)26-17-25(8-9-27(26)34-3)31-28(33)21-6-4-19(5-7-21)22-14-23(29)16-24(30)15-22/h4-9,14-18,20H,10-13H2,1-3H3,(H,31,33). The van der Waals surface area contributed by atoms with Gasteiger partial charge < -0.3 is 15.0 Å². The highest BCUT2D eigenvalue weighted by atomic mass is 35.5. The average Bonchev–Trinajstić information content (AvgIpc) is 2.83. The fourth-order valence-electron chi connectivity index (χ4n) is 4.60. The van der Waals surface area contributed by atoms with E-state index in [0.29, 0.717) is 27.6 Å². The zero-order valence-corrected chi connectivity index (χ0v) is 21.3. The number of ether oxygens (including phenoxy) is 1. The van der Waals surface area contributed by atoms with Crippen LogP contribution in [0.15, 0.2) is 60.7 Å². The van der Waals surface area contributed by atoms with E-state index in [9.17, 15) is 4.79 Å². The third kappa shape index (κ3) is 5.75. The number of nitrogens with zero attached hydrogens (tertiary/aromatic N) is 1. The average molecular weight is 497 g/mol. The van der Waals surface area contributed by atoms with Gasteiger partial charge in [-0.25, -0.2) is 0 Å². The Morgan fingerprint density at radius 3 is 2.18 bits per heavy atom. The quantitative estimate of drug-likeness (QED) is 0.383. The molecule has 6 heteroatoms. The van der Waals surface area contributed by atoms with Gasteiger partial charge in [0.05, 0.1) is 7.11 Å². The van der Waals surface area contributed by atoms with Crippen molar-refractivity contribution < 1.29 is 9.53 Å². The predicted octanol–water partition coefficient (Wildman–Crippen LogP) is 7.51. The molecule has 1 fully saturated rings. The lowest BCUT2D eigenvalue weighted by molar-refractivity contribution is 0.102. The molecule has 0 bridgehead atoms. The van der Waals surface area contributed by atoms with E-state index in [0.717, 1.165) is 54.1 Å². The van der Waals surface area contributed by atoms with Crippen LogP contribution in [0.5, 0.6) is 5.75 Å². The van der Waals surface area contributed by atoms with Crippen LogP contribution in [0.4, 0.5) is 5.69 Å². The van der Waals surface area contributed by atoms with E-state index in [1.807, 2.05) is 48.5 Å². The lowest BCUT2D eigenvalue weighted by atomic mass is 9.88. The predicted molar refractivity (Wildman–Crippen MR) is 142 cm³/mol. The zero-order valence-electron chi connectivity index (χ0n) is 19.8. The van der Waals surface area contributed by atoms with Gasteiger partial charge in [0.1, 0.15) is 5.75 Å². The Kier molecular flexibility index (Phi) is 7.82. The van der Waals surface area contributed by atoms with Crippen molar-refractivity contribution in [2.24, 2.45) is 0 Å². The van der Waals surface area contributed by atoms with Gasteiger partial charge in [0.25, 0.3) is 5.91 Å². The first kappa shape index (κ1) is 24.6. The molecule has 3 aromatic carbocycles. The molecule has 0 atom stereocenters. The molecule has 0 saturated carbocycles. The molecule has 0 unspecified atom stereocenters. The highest BCUT2D eigenvalue weighted by Gasteiger charge is 2.24. The van der Waals surface area contributed by atoms with E-state index in [4.69, 9.17) is 27.9 Å². The number of hydrogen-bond donors (Lipinski definition) is 1. The molecule has 3 aromatic rings. The normalized spacial score (nSPS) is 14.9. The van der Waals surface area contributed by atoms with Gasteiger partial charge in [-0.1, -0.05) is 35.3 Å². The third-order valence-corrected chi connectivity index (χ3v) is 6.97. The number of nitrogens with one attached hydrogen (secondary N) is 1. The Morgan fingerprint density at radius 2 is 1.59 bits per heavy atom. The van der Waals surface area contributed by atoms with Crippen LogP contribution in [0.1, 0.15) is 48.5 Å². The van der Waals surface area contributed by atoms with Gasteiger partial charge in [0.15, 0.2) is 0 Å². The van der Waals surface area contributed by atoms with E-state index in [2.05, 4.69) is 30.1 Å². The molecule has 4 rings (SSSR count). The number of methoxy groups -OCH3 is 1. The number of piperidine rings is 1.